The van der Waals surface area contributed by atoms with E-state index in [4.69, 9.17) is 0 Å². The fourth-order valence-corrected chi connectivity index (χ4v) is 3.40. The predicted molar refractivity (Wildman–Crippen MR) is 88.5 cm³/mol. The summed E-state index contributed by atoms with van der Waals surface area (Å²) in [5, 5.41) is 0. The first kappa shape index (κ1) is 16.0. The molecule has 2 saturated heterocycles. The molecular weight excluding hydrogens is 290 g/mol. The molecule has 2 fully saturated rings. The molecule has 0 radical (unpaired) electrons. The van der Waals surface area contributed by atoms with Gasteiger partial charge in [-0.25, -0.2) is 0 Å². The second kappa shape index (κ2) is 7.11. The van der Waals surface area contributed by atoms with E-state index in [1.807, 2.05) is 16.7 Å². The molecule has 0 N–H and O–H groups in total. The number of amides is 2. The van der Waals surface area contributed by atoms with Gasteiger partial charge in [0.05, 0.1) is 0 Å². The van der Waals surface area contributed by atoms with Gasteiger partial charge in [0, 0.05) is 37.9 Å². The Morgan fingerprint density at radius 1 is 0.870 bits per heavy atom. The average Bonchev–Trinajstić information content (AvgIpc) is 2.62. The molecule has 0 atom stereocenters. The Kier molecular flexibility index (Phi) is 4.94. The molecule has 2 aliphatic rings. The van der Waals surface area contributed by atoms with Gasteiger partial charge in [0.2, 0.25) is 0 Å². The van der Waals surface area contributed by atoms with Crippen LogP contribution >= 0.6 is 0 Å². The second-order valence-electron chi connectivity index (χ2n) is 6.59. The molecule has 3 rings (SSSR count). The zero-order valence-corrected chi connectivity index (χ0v) is 13.9. The van der Waals surface area contributed by atoms with E-state index in [9.17, 15) is 9.59 Å². The SMILES string of the molecule is Cc1cnc(C(=O)N2CCCCC2)cc1C(=O)N1CCCCC1. The fraction of sp³-hybridized carbons (Fsp3) is 0.611. The lowest BCUT2D eigenvalue weighted by atomic mass is 10.1. The Hall–Kier alpha value is -1.91. The quantitative estimate of drug-likeness (QED) is 0.843. The van der Waals surface area contributed by atoms with E-state index in [1.165, 1.54) is 12.8 Å². The third kappa shape index (κ3) is 3.54. The number of rotatable bonds is 2. The number of pyridine rings is 1. The summed E-state index contributed by atoms with van der Waals surface area (Å²) in [6.45, 7) is 5.11. The molecule has 0 saturated carbocycles. The van der Waals surface area contributed by atoms with E-state index in [0.29, 0.717) is 11.3 Å². The molecule has 0 aliphatic carbocycles. The zero-order valence-electron chi connectivity index (χ0n) is 13.9. The van der Waals surface area contributed by atoms with Crippen LogP contribution in [0.1, 0.15) is 64.9 Å². The Balaban J connectivity index is 1.80. The van der Waals surface area contributed by atoms with Crippen LogP contribution < -0.4 is 0 Å². The van der Waals surface area contributed by atoms with Gasteiger partial charge in [-0.2, -0.15) is 0 Å². The summed E-state index contributed by atoms with van der Waals surface area (Å²) >= 11 is 0. The number of aryl methyl sites for hydroxylation is 1. The summed E-state index contributed by atoms with van der Waals surface area (Å²) in [5.41, 5.74) is 1.87. The van der Waals surface area contributed by atoms with Gasteiger partial charge in [-0.15, -0.1) is 0 Å². The van der Waals surface area contributed by atoms with Gasteiger partial charge in [-0.3, -0.25) is 14.6 Å². The normalized spacial score (nSPS) is 18.8. The van der Waals surface area contributed by atoms with E-state index in [1.54, 1.807) is 12.3 Å². The van der Waals surface area contributed by atoms with Gasteiger partial charge in [0.15, 0.2) is 0 Å². The molecule has 5 heteroatoms. The highest BCUT2D eigenvalue weighted by atomic mass is 16.2. The van der Waals surface area contributed by atoms with Gasteiger partial charge in [0.1, 0.15) is 5.69 Å². The Morgan fingerprint density at radius 3 is 1.96 bits per heavy atom. The van der Waals surface area contributed by atoms with Crippen molar-refractivity contribution in [3.63, 3.8) is 0 Å². The number of carbonyl (C=O) groups is 2. The number of likely N-dealkylation sites (tertiary alicyclic amines) is 2. The molecule has 0 bridgehead atoms. The van der Waals surface area contributed by atoms with Crippen molar-refractivity contribution in [2.45, 2.75) is 45.4 Å². The molecule has 0 aromatic carbocycles. The van der Waals surface area contributed by atoms with Gasteiger partial charge >= 0.3 is 0 Å². The number of nitrogens with zero attached hydrogens (tertiary/aromatic N) is 3. The molecule has 2 aliphatic heterocycles. The Labute approximate surface area is 137 Å². The van der Waals surface area contributed by atoms with Crippen molar-refractivity contribution in [1.29, 1.82) is 0 Å². The standard InChI is InChI=1S/C18H25N3O2/c1-14-13-19-16(18(23)21-10-6-3-7-11-21)12-15(14)17(22)20-8-4-2-5-9-20/h12-13H,2-11H2,1H3. The molecule has 1 aromatic heterocycles. The molecule has 1 aromatic rings. The van der Waals surface area contributed by atoms with Gasteiger partial charge in [0.25, 0.3) is 11.8 Å². The van der Waals surface area contributed by atoms with Crippen LogP contribution in [0.15, 0.2) is 12.3 Å². The number of hydrogen-bond donors (Lipinski definition) is 0. The van der Waals surface area contributed by atoms with Gasteiger partial charge < -0.3 is 9.80 Å². The highest BCUT2D eigenvalue weighted by Gasteiger charge is 2.24. The highest BCUT2D eigenvalue weighted by Crippen LogP contribution is 2.18. The summed E-state index contributed by atoms with van der Waals surface area (Å²) in [6.07, 6.45) is 8.27. The minimum Gasteiger partial charge on any atom is -0.339 e. The summed E-state index contributed by atoms with van der Waals surface area (Å²) in [5.74, 6) is -0.00492. The molecule has 3 heterocycles. The van der Waals surface area contributed by atoms with Crippen LogP contribution in [0.2, 0.25) is 0 Å². The molecular formula is C18H25N3O2. The molecule has 0 spiro atoms. The number of carbonyl (C=O) groups excluding carboxylic acids is 2. The summed E-state index contributed by atoms with van der Waals surface area (Å²) in [6, 6.07) is 1.70. The average molecular weight is 315 g/mol. The molecule has 2 amide bonds. The largest absolute Gasteiger partial charge is 0.339 e. The molecule has 5 nitrogen and oxygen atoms in total. The predicted octanol–water partition coefficient (Wildman–Crippen LogP) is 2.64. The van der Waals surface area contributed by atoms with Crippen LogP contribution in [-0.4, -0.2) is 52.8 Å². The number of hydrogen-bond acceptors (Lipinski definition) is 3. The molecule has 124 valence electrons. The van der Waals surface area contributed by atoms with E-state index < -0.39 is 0 Å². The first-order chi connectivity index (χ1) is 11.2. The third-order valence-electron chi connectivity index (χ3n) is 4.84. The summed E-state index contributed by atoms with van der Waals surface area (Å²) in [7, 11) is 0. The van der Waals surface area contributed by atoms with Crippen LogP contribution in [0.4, 0.5) is 0 Å². The van der Waals surface area contributed by atoms with Crippen LogP contribution in [0.3, 0.4) is 0 Å². The van der Waals surface area contributed by atoms with Gasteiger partial charge in [-0.1, -0.05) is 0 Å². The van der Waals surface area contributed by atoms with Crippen molar-refractivity contribution in [3.05, 3.63) is 29.1 Å². The first-order valence-electron chi connectivity index (χ1n) is 8.72. The number of piperidine rings is 2. The minimum absolute atomic E-state index is 0.0392. The Morgan fingerprint density at radius 2 is 1.39 bits per heavy atom. The van der Waals surface area contributed by atoms with Gasteiger partial charge in [-0.05, 0) is 57.1 Å². The smallest absolute Gasteiger partial charge is 0.272 e. The minimum atomic E-state index is -0.0441. The third-order valence-corrected chi connectivity index (χ3v) is 4.84. The van der Waals surface area contributed by atoms with E-state index in [0.717, 1.165) is 57.4 Å². The lowest BCUT2D eigenvalue weighted by Gasteiger charge is -2.28. The lowest BCUT2D eigenvalue weighted by molar-refractivity contribution is 0.0717. The maximum absolute atomic E-state index is 12.7. The van der Waals surface area contributed by atoms with Crippen molar-refractivity contribution >= 4 is 11.8 Å². The van der Waals surface area contributed by atoms with Crippen molar-refractivity contribution in [3.8, 4) is 0 Å². The van der Waals surface area contributed by atoms with E-state index in [2.05, 4.69) is 4.98 Å². The van der Waals surface area contributed by atoms with Crippen LogP contribution in [0.5, 0.6) is 0 Å². The lowest BCUT2D eigenvalue weighted by Crippen LogP contribution is -2.37. The monoisotopic (exact) mass is 315 g/mol. The zero-order chi connectivity index (χ0) is 16.2. The summed E-state index contributed by atoms with van der Waals surface area (Å²) < 4.78 is 0. The summed E-state index contributed by atoms with van der Waals surface area (Å²) in [4.78, 5) is 33.4. The fourth-order valence-electron chi connectivity index (χ4n) is 3.40. The maximum Gasteiger partial charge on any atom is 0.272 e. The van der Waals surface area contributed by atoms with Crippen molar-refractivity contribution in [2.24, 2.45) is 0 Å². The highest BCUT2D eigenvalue weighted by molar-refractivity contribution is 5.99. The van der Waals surface area contributed by atoms with Crippen molar-refractivity contribution < 1.29 is 9.59 Å². The van der Waals surface area contributed by atoms with Crippen LogP contribution in [0.25, 0.3) is 0 Å². The Bertz CT molecular complexity index is 588. The molecule has 23 heavy (non-hydrogen) atoms. The van der Waals surface area contributed by atoms with Crippen molar-refractivity contribution in [1.82, 2.24) is 14.8 Å². The van der Waals surface area contributed by atoms with Crippen molar-refractivity contribution in [2.75, 3.05) is 26.2 Å². The topological polar surface area (TPSA) is 53.5 Å². The molecule has 0 unspecified atom stereocenters. The van der Waals surface area contributed by atoms with E-state index in [-0.39, 0.29) is 11.8 Å². The van der Waals surface area contributed by atoms with E-state index >= 15 is 0 Å². The van der Waals surface area contributed by atoms with Crippen LogP contribution in [-0.2, 0) is 0 Å². The van der Waals surface area contributed by atoms with Crippen LogP contribution in [0, 0.1) is 6.92 Å². The second-order valence-corrected chi connectivity index (χ2v) is 6.59. The maximum atomic E-state index is 12.7. The number of aromatic nitrogens is 1. The first-order valence-corrected chi connectivity index (χ1v) is 8.72.